The van der Waals surface area contributed by atoms with E-state index < -0.39 is 6.55 Å². The minimum absolute atomic E-state index is 0.0843. The van der Waals surface area contributed by atoms with Gasteiger partial charge in [-0.15, -0.1) is 0 Å². The highest BCUT2D eigenvalue weighted by atomic mass is 19.3. The standard InChI is InChI=1S/C16H21F2N5O/c1-12-19-7-11-21(12)9-5-13-4-2-3-8-22(13)15(24)14-6-10-23(20-14)16(17)18/h6-7,10-11,13,16H,2-5,8-9H2,1H3/t13-/m1/s1. The van der Waals surface area contributed by atoms with E-state index in [1.54, 1.807) is 11.1 Å². The summed E-state index contributed by atoms with van der Waals surface area (Å²) in [7, 11) is 0. The Balaban J connectivity index is 1.69. The van der Waals surface area contributed by atoms with Crippen LogP contribution in [0.2, 0.25) is 0 Å². The molecule has 6 nitrogen and oxygen atoms in total. The highest BCUT2D eigenvalue weighted by molar-refractivity contribution is 5.92. The van der Waals surface area contributed by atoms with E-state index in [1.165, 1.54) is 6.07 Å². The number of rotatable bonds is 5. The molecule has 130 valence electrons. The second-order valence-corrected chi connectivity index (χ2v) is 6.06. The summed E-state index contributed by atoms with van der Waals surface area (Å²) < 4.78 is 27.9. The number of alkyl halides is 2. The van der Waals surface area contributed by atoms with E-state index in [0.29, 0.717) is 11.2 Å². The molecule has 1 aliphatic rings. The molecule has 1 aliphatic heterocycles. The fourth-order valence-electron chi connectivity index (χ4n) is 3.20. The van der Waals surface area contributed by atoms with E-state index in [1.807, 2.05) is 13.1 Å². The number of halogens is 2. The molecular formula is C16H21F2N5O. The van der Waals surface area contributed by atoms with Crippen molar-refractivity contribution in [3.63, 3.8) is 0 Å². The maximum absolute atomic E-state index is 12.7. The molecule has 3 rings (SSSR count). The normalized spacial score (nSPS) is 18.3. The quantitative estimate of drug-likeness (QED) is 0.843. The monoisotopic (exact) mass is 337 g/mol. The van der Waals surface area contributed by atoms with Crippen LogP contribution in [0.1, 0.15) is 48.5 Å². The van der Waals surface area contributed by atoms with Crippen LogP contribution in [0.15, 0.2) is 24.7 Å². The minimum atomic E-state index is -2.73. The lowest BCUT2D eigenvalue weighted by Gasteiger charge is -2.35. The Morgan fingerprint density at radius 1 is 1.38 bits per heavy atom. The van der Waals surface area contributed by atoms with Gasteiger partial charge in [-0.2, -0.15) is 13.9 Å². The van der Waals surface area contributed by atoms with Crippen molar-refractivity contribution in [2.45, 2.75) is 51.7 Å². The molecule has 1 atom stereocenters. The lowest BCUT2D eigenvalue weighted by atomic mass is 9.98. The second kappa shape index (κ2) is 7.11. The highest BCUT2D eigenvalue weighted by Gasteiger charge is 2.29. The Kier molecular flexibility index (Phi) is 4.92. The van der Waals surface area contributed by atoms with Crippen molar-refractivity contribution in [1.29, 1.82) is 0 Å². The number of imidazole rings is 1. The van der Waals surface area contributed by atoms with Crippen molar-refractivity contribution in [3.8, 4) is 0 Å². The summed E-state index contributed by atoms with van der Waals surface area (Å²) in [4.78, 5) is 18.6. The third kappa shape index (κ3) is 3.47. The van der Waals surface area contributed by atoms with Gasteiger partial charge in [0.1, 0.15) is 5.82 Å². The predicted molar refractivity (Wildman–Crippen MR) is 83.7 cm³/mol. The lowest BCUT2D eigenvalue weighted by molar-refractivity contribution is 0.0521. The molecule has 0 N–H and O–H groups in total. The number of hydrogen-bond donors (Lipinski definition) is 0. The molecule has 24 heavy (non-hydrogen) atoms. The number of hydrogen-bond acceptors (Lipinski definition) is 3. The highest BCUT2D eigenvalue weighted by Crippen LogP contribution is 2.23. The zero-order valence-electron chi connectivity index (χ0n) is 13.6. The van der Waals surface area contributed by atoms with Crippen molar-refractivity contribution < 1.29 is 13.6 Å². The van der Waals surface area contributed by atoms with Crippen molar-refractivity contribution in [2.24, 2.45) is 0 Å². The third-order valence-electron chi connectivity index (χ3n) is 4.54. The summed E-state index contributed by atoms with van der Waals surface area (Å²) >= 11 is 0. The Hall–Kier alpha value is -2.25. The Morgan fingerprint density at radius 2 is 2.21 bits per heavy atom. The first-order valence-electron chi connectivity index (χ1n) is 8.18. The second-order valence-electron chi connectivity index (χ2n) is 6.06. The van der Waals surface area contributed by atoms with Crippen LogP contribution in [-0.4, -0.2) is 42.7 Å². The largest absolute Gasteiger partial charge is 0.335 e. The summed E-state index contributed by atoms with van der Waals surface area (Å²) in [5.41, 5.74) is 0.0843. The van der Waals surface area contributed by atoms with Crippen molar-refractivity contribution in [2.75, 3.05) is 6.54 Å². The first-order chi connectivity index (χ1) is 11.6. The topological polar surface area (TPSA) is 56.0 Å². The van der Waals surface area contributed by atoms with Crippen LogP contribution in [0, 0.1) is 6.92 Å². The van der Waals surface area contributed by atoms with Crippen LogP contribution in [0.4, 0.5) is 8.78 Å². The maximum atomic E-state index is 12.7. The number of aryl methyl sites for hydroxylation is 2. The molecular weight excluding hydrogens is 316 g/mol. The average molecular weight is 337 g/mol. The molecule has 0 aliphatic carbocycles. The molecule has 2 aromatic heterocycles. The molecule has 2 aromatic rings. The van der Waals surface area contributed by atoms with E-state index >= 15 is 0 Å². The number of likely N-dealkylation sites (tertiary alicyclic amines) is 1. The molecule has 1 fully saturated rings. The van der Waals surface area contributed by atoms with Gasteiger partial charge < -0.3 is 9.47 Å². The molecule has 0 spiro atoms. The van der Waals surface area contributed by atoms with E-state index in [2.05, 4.69) is 14.6 Å². The zero-order chi connectivity index (χ0) is 17.1. The van der Waals surface area contributed by atoms with E-state index in [0.717, 1.165) is 44.2 Å². The summed E-state index contributed by atoms with van der Waals surface area (Å²) in [6, 6.07) is 1.46. The van der Waals surface area contributed by atoms with Crippen LogP contribution in [0.25, 0.3) is 0 Å². The predicted octanol–water partition coefficient (Wildman–Crippen LogP) is 2.87. The van der Waals surface area contributed by atoms with E-state index in [-0.39, 0.29) is 17.6 Å². The number of nitrogens with zero attached hydrogens (tertiary/aromatic N) is 5. The van der Waals surface area contributed by atoms with Crippen LogP contribution >= 0.6 is 0 Å². The fourth-order valence-corrected chi connectivity index (χ4v) is 3.20. The van der Waals surface area contributed by atoms with Crippen molar-refractivity contribution >= 4 is 5.91 Å². The summed E-state index contributed by atoms with van der Waals surface area (Å²) in [5, 5.41) is 3.70. The van der Waals surface area contributed by atoms with Crippen LogP contribution in [0.3, 0.4) is 0 Å². The van der Waals surface area contributed by atoms with Crippen molar-refractivity contribution in [3.05, 3.63) is 36.2 Å². The molecule has 0 saturated carbocycles. The van der Waals surface area contributed by atoms with Crippen LogP contribution in [0.5, 0.6) is 0 Å². The number of amides is 1. The van der Waals surface area contributed by atoms with E-state index in [9.17, 15) is 13.6 Å². The van der Waals surface area contributed by atoms with Gasteiger partial charge in [-0.1, -0.05) is 0 Å². The van der Waals surface area contributed by atoms with Crippen molar-refractivity contribution in [1.82, 2.24) is 24.2 Å². The number of aromatic nitrogens is 4. The summed E-state index contributed by atoms with van der Waals surface area (Å²) in [6.45, 7) is 0.647. The average Bonchev–Trinajstić information content (AvgIpc) is 3.22. The molecule has 1 amide bonds. The van der Waals surface area contributed by atoms with Gasteiger partial charge in [0.05, 0.1) is 0 Å². The van der Waals surface area contributed by atoms with Gasteiger partial charge in [0.2, 0.25) is 0 Å². The van der Waals surface area contributed by atoms with Gasteiger partial charge in [-0.25, -0.2) is 9.67 Å². The van der Waals surface area contributed by atoms with Crippen LogP contribution in [-0.2, 0) is 6.54 Å². The van der Waals surface area contributed by atoms with Crippen LogP contribution < -0.4 is 0 Å². The summed E-state index contributed by atoms with van der Waals surface area (Å²) in [5.74, 6) is 0.681. The molecule has 0 aromatic carbocycles. The Bertz CT molecular complexity index is 696. The molecule has 8 heteroatoms. The number of carbonyl (C=O) groups excluding carboxylic acids is 1. The molecule has 0 bridgehead atoms. The smallest absolute Gasteiger partial charge is 0.333 e. The van der Waals surface area contributed by atoms with Gasteiger partial charge in [-0.05, 0) is 38.7 Å². The fraction of sp³-hybridized carbons (Fsp3) is 0.562. The van der Waals surface area contributed by atoms with Gasteiger partial charge in [-0.3, -0.25) is 4.79 Å². The minimum Gasteiger partial charge on any atom is -0.335 e. The first-order valence-corrected chi connectivity index (χ1v) is 8.18. The van der Waals surface area contributed by atoms with Gasteiger partial charge in [0.15, 0.2) is 5.69 Å². The molecule has 0 unspecified atom stereocenters. The van der Waals surface area contributed by atoms with Gasteiger partial charge in [0.25, 0.3) is 5.91 Å². The van der Waals surface area contributed by atoms with Gasteiger partial charge in [0, 0.05) is 37.7 Å². The van der Waals surface area contributed by atoms with E-state index in [4.69, 9.17) is 0 Å². The molecule has 3 heterocycles. The molecule has 0 radical (unpaired) electrons. The van der Waals surface area contributed by atoms with Gasteiger partial charge >= 0.3 is 6.55 Å². The number of piperidine rings is 1. The lowest BCUT2D eigenvalue weighted by Crippen LogP contribution is -2.44. The third-order valence-corrected chi connectivity index (χ3v) is 4.54. The zero-order valence-corrected chi connectivity index (χ0v) is 13.6. The number of carbonyl (C=O) groups is 1. The maximum Gasteiger partial charge on any atom is 0.333 e. The Morgan fingerprint density at radius 3 is 2.88 bits per heavy atom. The molecule has 1 saturated heterocycles. The summed E-state index contributed by atoms with van der Waals surface area (Å²) in [6.07, 6.45) is 8.58. The first kappa shape index (κ1) is 16.6. The Labute approximate surface area is 139 Å². The SMILES string of the molecule is Cc1nccn1CC[C@H]1CCCCN1C(=O)c1ccn(C(F)F)n1.